The Hall–Kier alpha value is -2.90. The molecule has 0 radical (unpaired) electrons. The Morgan fingerprint density at radius 3 is 1.94 bits per heavy atom. The Morgan fingerprint density at radius 2 is 1.61 bits per heavy atom. The van der Waals surface area contributed by atoms with Gasteiger partial charge in [-0.3, -0.25) is 19.7 Å². The SMILES string of the molecule is Nc1c[nH]ccc1=O.O=c1cc[nH]cc1[N+](=O)[O-]. The lowest BCUT2D eigenvalue weighted by Crippen LogP contribution is -2.05. The molecule has 0 bridgehead atoms. The highest BCUT2D eigenvalue weighted by Crippen LogP contribution is 1.97. The van der Waals surface area contributed by atoms with Crippen molar-refractivity contribution in [1.82, 2.24) is 9.97 Å². The molecular weight excluding hydrogens is 240 g/mol. The second kappa shape index (κ2) is 5.99. The number of anilines is 1. The van der Waals surface area contributed by atoms with Crippen molar-refractivity contribution in [1.29, 1.82) is 0 Å². The van der Waals surface area contributed by atoms with Gasteiger partial charge in [0.05, 0.1) is 16.8 Å². The molecule has 0 aliphatic rings. The van der Waals surface area contributed by atoms with Gasteiger partial charge < -0.3 is 15.7 Å². The van der Waals surface area contributed by atoms with Gasteiger partial charge in [0, 0.05) is 30.7 Å². The second-order valence-corrected chi connectivity index (χ2v) is 3.11. The maximum absolute atomic E-state index is 10.6. The Bertz CT molecular complexity index is 646. The summed E-state index contributed by atoms with van der Waals surface area (Å²) >= 11 is 0. The third kappa shape index (κ3) is 3.59. The molecule has 0 aliphatic heterocycles. The molecule has 2 rings (SSSR count). The van der Waals surface area contributed by atoms with E-state index in [0.29, 0.717) is 0 Å². The summed E-state index contributed by atoms with van der Waals surface area (Å²) in [5, 5.41) is 10.0. The van der Waals surface area contributed by atoms with Crippen molar-refractivity contribution in [2.24, 2.45) is 0 Å². The van der Waals surface area contributed by atoms with Gasteiger partial charge >= 0.3 is 5.69 Å². The predicted molar refractivity (Wildman–Crippen MR) is 65.2 cm³/mol. The fourth-order valence-electron chi connectivity index (χ4n) is 0.979. The molecule has 0 fully saturated rings. The Labute approximate surface area is 100 Å². The van der Waals surface area contributed by atoms with E-state index in [1.807, 2.05) is 0 Å². The van der Waals surface area contributed by atoms with Crippen LogP contribution in [0.2, 0.25) is 0 Å². The van der Waals surface area contributed by atoms with Gasteiger partial charge in [0.2, 0.25) is 5.43 Å². The molecular formula is C10H10N4O4. The maximum Gasteiger partial charge on any atom is 0.332 e. The summed E-state index contributed by atoms with van der Waals surface area (Å²) < 4.78 is 0. The summed E-state index contributed by atoms with van der Waals surface area (Å²) in [5.74, 6) is 0. The van der Waals surface area contributed by atoms with E-state index < -0.39 is 16.0 Å². The molecule has 0 saturated heterocycles. The van der Waals surface area contributed by atoms with E-state index in [1.54, 1.807) is 6.20 Å². The highest BCUT2D eigenvalue weighted by molar-refractivity contribution is 5.32. The predicted octanol–water partition coefficient (Wildman–Crippen LogP) is 0.240. The molecule has 94 valence electrons. The zero-order valence-electron chi connectivity index (χ0n) is 9.12. The van der Waals surface area contributed by atoms with Crippen molar-refractivity contribution in [3.8, 4) is 0 Å². The standard InChI is InChI=1S/C5H4N2O3.C5H6N2O/c8-5-1-2-6-3-4(5)7(9)10;6-4-3-7-2-1-5(4)8/h1-3H,(H,6,8);1-3H,6H2,(H,7,8). The van der Waals surface area contributed by atoms with Gasteiger partial charge in [0.1, 0.15) is 0 Å². The number of aromatic amines is 2. The van der Waals surface area contributed by atoms with Crippen molar-refractivity contribution in [3.63, 3.8) is 0 Å². The van der Waals surface area contributed by atoms with Crippen molar-refractivity contribution in [3.05, 3.63) is 67.5 Å². The van der Waals surface area contributed by atoms with Crippen molar-refractivity contribution < 1.29 is 4.92 Å². The number of hydrogen-bond donors (Lipinski definition) is 3. The van der Waals surface area contributed by atoms with Gasteiger partial charge in [0.25, 0.3) is 5.43 Å². The summed E-state index contributed by atoms with van der Waals surface area (Å²) in [5.41, 5.74) is 4.29. The molecule has 4 N–H and O–H groups in total. The number of rotatable bonds is 1. The van der Waals surface area contributed by atoms with Crippen LogP contribution in [-0.2, 0) is 0 Å². The van der Waals surface area contributed by atoms with Crippen LogP contribution in [0.4, 0.5) is 11.4 Å². The van der Waals surface area contributed by atoms with Crippen molar-refractivity contribution >= 4 is 11.4 Å². The summed E-state index contributed by atoms with van der Waals surface area (Å²) in [6, 6.07) is 2.49. The van der Waals surface area contributed by atoms with Gasteiger partial charge in [-0.15, -0.1) is 0 Å². The lowest BCUT2D eigenvalue weighted by molar-refractivity contribution is -0.386. The zero-order chi connectivity index (χ0) is 13.5. The number of nitrogen functional groups attached to an aromatic ring is 1. The third-order valence-corrected chi connectivity index (χ3v) is 1.85. The summed E-state index contributed by atoms with van der Waals surface area (Å²) in [6.07, 6.45) is 5.40. The molecule has 0 unspecified atom stereocenters. The van der Waals surface area contributed by atoms with Gasteiger partial charge in [-0.25, -0.2) is 0 Å². The minimum atomic E-state index is -0.723. The molecule has 0 saturated carbocycles. The van der Waals surface area contributed by atoms with Gasteiger partial charge in [-0.2, -0.15) is 0 Å². The van der Waals surface area contributed by atoms with Crippen LogP contribution in [0.1, 0.15) is 0 Å². The molecule has 8 nitrogen and oxygen atoms in total. The quantitative estimate of drug-likeness (QED) is 0.492. The first-order valence-electron chi connectivity index (χ1n) is 4.76. The monoisotopic (exact) mass is 250 g/mol. The number of nitrogens with two attached hydrogens (primary N) is 1. The van der Waals surface area contributed by atoms with E-state index in [0.717, 1.165) is 12.3 Å². The van der Waals surface area contributed by atoms with Crippen LogP contribution in [0.3, 0.4) is 0 Å². The first-order chi connectivity index (χ1) is 8.52. The van der Waals surface area contributed by atoms with Gasteiger partial charge in [-0.05, 0) is 0 Å². The van der Waals surface area contributed by atoms with E-state index in [1.165, 1.54) is 18.5 Å². The molecule has 2 aromatic rings. The van der Waals surface area contributed by atoms with Gasteiger partial charge in [-0.1, -0.05) is 0 Å². The van der Waals surface area contributed by atoms with E-state index >= 15 is 0 Å². The number of hydrogen-bond acceptors (Lipinski definition) is 5. The summed E-state index contributed by atoms with van der Waals surface area (Å²) in [6.45, 7) is 0. The van der Waals surface area contributed by atoms with Gasteiger partial charge in [0.15, 0.2) is 0 Å². The number of H-pyrrole nitrogens is 2. The van der Waals surface area contributed by atoms with Crippen LogP contribution in [0.25, 0.3) is 0 Å². The first-order valence-corrected chi connectivity index (χ1v) is 4.76. The highest BCUT2D eigenvalue weighted by atomic mass is 16.6. The minimum absolute atomic E-state index is 0.135. The van der Waals surface area contributed by atoms with Crippen LogP contribution in [0.15, 0.2) is 46.5 Å². The minimum Gasteiger partial charge on any atom is -0.394 e. The number of nitrogens with one attached hydrogen (secondary N) is 2. The number of pyridine rings is 2. The molecule has 2 aromatic heterocycles. The van der Waals surface area contributed by atoms with Crippen LogP contribution in [0, 0.1) is 10.1 Å². The summed E-state index contributed by atoms with van der Waals surface area (Å²) in [7, 11) is 0. The fourth-order valence-corrected chi connectivity index (χ4v) is 0.979. The van der Waals surface area contributed by atoms with E-state index in [2.05, 4.69) is 9.97 Å². The normalized spacial score (nSPS) is 9.11. The fraction of sp³-hybridized carbons (Fsp3) is 0. The third-order valence-electron chi connectivity index (χ3n) is 1.85. The summed E-state index contributed by atoms with van der Waals surface area (Å²) in [4.78, 5) is 35.5. The largest absolute Gasteiger partial charge is 0.394 e. The van der Waals surface area contributed by atoms with Crippen molar-refractivity contribution in [2.45, 2.75) is 0 Å². The van der Waals surface area contributed by atoms with Crippen LogP contribution >= 0.6 is 0 Å². The van der Waals surface area contributed by atoms with E-state index in [-0.39, 0.29) is 11.1 Å². The topological polar surface area (TPSA) is 135 Å². The molecule has 18 heavy (non-hydrogen) atoms. The van der Waals surface area contributed by atoms with Crippen LogP contribution in [-0.4, -0.2) is 14.9 Å². The average molecular weight is 250 g/mol. The maximum atomic E-state index is 10.6. The average Bonchev–Trinajstić information content (AvgIpc) is 2.34. The number of nitrogens with zero attached hydrogens (tertiary/aromatic N) is 1. The molecule has 0 aromatic carbocycles. The lowest BCUT2D eigenvalue weighted by Gasteiger charge is -1.85. The first kappa shape index (κ1) is 13.2. The van der Waals surface area contributed by atoms with E-state index in [9.17, 15) is 19.7 Å². The second-order valence-electron chi connectivity index (χ2n) is 3.11. The van der Waals surface area contributed by atoms with E-state index in [4.69, 9.17) is 5.73 Å². The lowest BCUT2D eigenvalue weighted by atomic mass is 10.4. The number of nitro groups is 1. The van der Waals surface area contributed by atoms with Crippen molar-refractivity contribution in [2.75, 3.05) is 5.73 Å². The Balaban J connectivity index is 0.000000184. The zero-order valence-corrected chi connectivity index (χ0v) is 9.12. The molecule has 2 heterocycles. The molecule has 0 atom stereocenters. The van der Waals surface area contributed by atoms with Crippen LogP contribution < -0.4 is 16.6 Å². The molecule has 8 heteroatoms. The molecule has 0 spiro atoms. The molecule has 0 amide bonds. The number of aromatic nitrogens is 2. The molecule has 0 aliphatic carbocycles. The van der Waals surface area contributed by atoms with Crippen LogP contribution in [0.5, 0.6) is 0 Å². The smallest absolute Gasteiger partial charge is 0.332 e. The Kier molecular flexibility index (Phi) is 4.38. The Morgan fingerprint density at radius 1 is 1.06 bits per heavy atom. The highest BCUT2D eigenvalue weighted by Gasteiger charge is 2.07.